The molecular weight excluding hydrogens is 977 g/mol. The van der Waals surface area contributed by atoms with Crippen LogP contribution < -0.4 is 9.47 Å². The standard InChI is InChI=1S/C12H3Cl5O.C12H5Cl5.C12H4Cl4O2/c13-6-1-4-5-2-8(15)10(16)11(17)12(5)18-9(4)3-7(6)14;13-8-2-1-6(3-9(8)14)7-4-10(15)12(17)11(16)5-7;13-5-1-9-10(2-6(5)14)18-12-4-8(16)7(15)3-11(12)17-9/h1-3H;1-5H;1-4H. The van der Waals surface area contributed by atoms with E-state index in [4.69, 9.17) is 176 Å². The van der Waals surface area contributed by atoms with E-state index in [1.807, 2.05) is 6.07 Å². The van der Waals surface area contributed by atoms with Gasteiger partial charge in [-0.1, -0.05) is 168 Å². The van der Waals surface area contributed by atoms with E-state index < -0.39 is 0 Å². The smallest absolute Gasteiger partial charge is 0.171 e. The third kappa shape index (κ3) is 9.01. The topological polar surface area (TPSA) is 31.6 Å². The minimum Gasteiger partial charge on any atom is -0.454 e. The van der Waals surface area contributed by atoms with Gasteiger partial charge in [0.1, 0.15) is 10.6 Å². The first-order valence-corrected chi connectivity index (χ1v) is 19.6. The van der Waals surface area contributed by atoms with Crippen LogP contribution in [0.5, 0.6) is 23.0 Å². The van der Waals surface area contributed by atoms with Crippen LogP contribution in [0.3, 0.4) is 0 Å². The molecule has 2 heterocycles. The van der Waals surface area contributed by atoms with Crippen molar-refractivity contribution in [1.29, 1.82) is 0 Å². The largest absolute Gasteiger partial charge is 0.454 e. The Hall–Kier alpha value is -1.22. The zero-order chi connectivity index (χ0) is 38.5. The Bertz CT molecular complexity index is 2450. The lowest BCUT2D eigenvalue weighted by molar-refractivity contribution is 0.359. The van der Waals surface area contributed by atoms with Gasteiger partial charge in [0.05, 0.1) is 65.3 Å². The lowest BCUT2D eigenvalue weighted by Gasteiger charge is -2.21. The van der Waals surface area contributed by atoms with Crippen molar-refractivity contribution in [1.82, 2.24) is 0 Å². The van der Waals surface area contributed by atoms with Gasteiger partial charge in [0.2, 0.25) is 0 Å². The second kappa shape index (κ2) is 17.1. The zero-order valence-electron chi connectivity index (χ0n) is 25.4. The Morgan fingerprint density at radius 2 is 0.698 bits per heavy atom. The van der Waals surface area contributed by atoms with Crippen molar-refractivity contribution < 1.29 is 13.9 Å². The molecule has 0 aliphatic carbocycles. The van der Waals surface area contributed by atoms with E-state index in [2.05, 4.69) is 0 Å². The van der Waals surface area contributed by atoms with Gasteiger partial charge in [-0.25, -0.2) is 0 Å². The van der Waals surface area contributed by atoms with Crippen molar-refractivity contribution in [3.8, 4) is 34.1 Å². The minimum absolute atomic E-state index is 0.266. The molecule has 3 nitrogen and oxygen atoms in total. The summed E-state index contributed by atoms with van der Waals surface area (Å²) in [5.74, 6) is 1.93. The summed E-state index contributed by atoms with van der Waals surface area (Å²) in [4.78, 5) is 0. The van der Waals surface area contributed by atoms with Gasteiger partial charge in [-0.15, -0.1) is 0 Å². The van der Waals surface area contributed by atoms with E-state index in [-0.39, 0.29) is 10.0 Å². The van der Waals surface area contributed by atoms with Gasteiger partial charge in [0.25, 0.3) is 0 Å². The van der Waals surface area contributed by atoms with E-state index in [0.29, 0.717) is 94.4 Å². The molecule has 1 aromatic heterocycles. The lowest BCUT2D eigenvalue weighted by atomic mass is 10.1. The maximum atomic E-state index is 6.11. The number of fused-ring (bicyclic) bond motifs is 5. The summed E-state index contributed by atoms with van der Waals surface area (Å²) in [6.07, 6.45) is 0. The van der Waals surface area contributed by atoms with Gasteiger partial charge < -0.3 is 13.9 Å². The normalized spacial score (nSPS) is 11.5. The highest BCUT2D eigenvalue weighted by atomic mass is 35.5. The Morgan fingerprint density at radius 1 is 0.302 bits per heavy atom. The molecule has 272 valence electrons. The molecule has 0 unspecified atom stereocenters. The molecule has 53 heavy (non-hydrogen) atoms. The number of benzene rings is 6. The predicted octanol–water partition coefficient (Wildman–Crippen LogP) is 19.7. The first kappa shape index (κ1) is 41.4. The Kier molecular flexibility index (Phi) is 13.4. The highest BCUT2D eigenvalue weighted by Gasteiger charge is 2.22. The lowest BCUT2D eigenvalue weighted by Crippen LogP contribution is -1.99. The van der Waals surface area contributed by atoms with Crippen LogP contribution in [0.4, 0.5) is 0 Å². The number of furan rings is 1. The van der Waals surface area contributed by atoms with Crippen molar-refractivity contribution in [2.24, 2.45) is 0 Å². The third-order valence-corrected chi connectivity index (χ3v) is 12.6. The van der Waals surface area contributed by atoms with Crippen molar-refractivity contribution in [3.05, 3.63) is 143 Å². The fraction of sp³-hybridized carbons (Fsp3) is 0. The monoisotopic (exact) mass is 982 g/mol. The van der Waals surface area contributed by atoms with Gasteiger partial charge in [-0.2, -0.15) is 0 Å². The highest BCUT2D eigenvalue weighted by molar-refractivity contribution is 6.51. The summed E-state index contributed by atoms with van der Waals surface area (Å²) >= 11 is 83.3. The molecule has 17 heteroatoms. The second-order valence-electron chi connectivity index (χ2n) is 10.7. The van der Waals surface area contributed by atoms with Crippen LogP contribution in [0, 0.1) is 0 Å². The molecule has 0 fully saturated rings. The Labute approximate surface area is 371 Å². The number of hydrogen-bond donors (Lipinski definition) is 0. The SMILES string of the molecule is Clc1cc2c(cc1Cl)Oc1cc(Cl)c(Cl)cc1O2.Clc1cc2oc3c(Cl)c(Cl)c(Cl)cc3c2cc1Cl.Clc1ccc(-c2cc(Cl)c(Cl)c(Cl)c2)cc1Cl. The van der Waals surface area contributed by atoms with Gasteiger partial charge in [-0.05, 0) is 47.5 Å². The molecular formula is C36H12Cl14O3. The van der Waals surface area contributed by atoms with Crippen molar-refractivity contribution in [2.45, 2.75) is 0 Å². The van der Waals surface area contributed by atoms with E-state index in [0.717, 1.165) is 21.9 Å². The highest BCUT2D eigenvalue weighted by Crippen LogP contribution is 2.50. The maximum Gasteiger partial charge on any atom is 0.171 e. The summed E-state index contributed by atoms with van der Waals surface area (Å²) in [7, 11) is 0. The molecule has 0 saturated heterocycles. The molecule has 0 spiro atoms. The molecule has 1 aliphatic rings. The molecule has 0 atom stereocenters. The average Bonchev–Trinajstić information content (AvgIpc) is 3.45. The van der Waals surface area contributed by atoms with Gasteiger partial charge in [0, 0.05) is 41.1 Å². The van der Waals surface area contributed by atoms with E-state index >= 15 is 0 Å². The van der Waals surface area contributed by atoms with Crippen LogP contribution >= 0.6 is 162 Å². The summed E-state index contributed by atoms with van der Waals surface area (Å²) in [6, 6.07) is 20.2. The average molecular weight is 989 g/mol. The van der Waals surface area contributed by atoms with E-state index in [9.17, 15) is 0 Å². The van der Waals surface area contributed by atoms with Crippen LogP contribution in [0.1, 0.15) is 0 Å². The van der Waals surface area contributed by atoms with Crippen molar-refractivity contribution in [3.63, 3.8) is 0 Å². The fourth-order valence-electron chi connectivity index (χ4n) is 4.79. The third-order valence-electron chi connectivity index (χ3n) is 7.29. The predicted molar refractivity (Wildman–Crippen MR) is 229 cm³/mol. The van der Waals surface area contributed by atoms with Gasteiger partial charge in [0.15, 0.2) is 28.6 Å². The van der Waals surface area contributed by atoms with E-state index in [1.54, 1.807) is 66.7 Å². The second-order valence-corrected chi connectivity index (χ2v) is 16.4. The number of hydrogen-bond acceptors (Lipinski definition) is 3. The summed E-state index contributed by atoms with van der Waals surface area (Å²) in [6.45, 7) is 0. The molecule has 0 radical (unpaired) electrons. The van der Waals surface area contributed by atoms with Crippen LogP contribution in [-0.2, 0) is 0 Å². The van der Waals surface area contributed by atoms with Crippen LogP contribution in [0.15, 0.2) is 77.2 Å². The van der Waals surface area contributed by atoms with Gasteiger partial charge in [-0.3, -0.25) is 0 Å². The van der Waals surface area contributed by atoms with E-state index in [1.165, 1.54) is 0 Å². The maximum absolute atomic E-state index is 6.11. The van der Waals surface area contributed by atoms with Crippen molar-refractivity contribution in [2.75, 3.05) is 0 Å². The molecule has 6 aromatic carbocycles. The molecule has 0 bridgehead atoms. The van der Waals surface area contributed by atoms with Crippen LogP contribution in [0.25, 0.3) is 33.1 Å². The molecule has 0 N–H and O–H groups in total. The van der Waals surface area contributed by atoms with Crippen molar-refractivity contribution >= 4 is 184 Å². The number of ether oxygens (including phenoxy) is 2. The molecule has 1 aliphatic heterocycles. The molecule has 0 saturated carbocycles. The Morgan fingerprint density at radius 3 is 1.19 bits per heavy atom. The first-order valence-electron chi connectivity index (χ1n) is 14.3. The fourth-order valence-corrected chi connectivity index (χ4v) is 7.25. The van der Waals surface area contributed by atoms with Gasteiger partial charge >= 0.3 is 0 Å². The van der Waals surface area contributed by atoms with Crippen LogP contribution in [0.2, 0.25) is 70.3 Å². The number of rotatable bonds is 1. The number of halogens is 14. The summed E-state index contributed by atoms with van der Waals surface area (Å²) in [5.41, 5.74) is 2.77. The summed E-state index contributed by atoms with van der Waals surface area (Å²) < 4.78 is 16.9. The molecule has 0 amide bonds. The zero-order valence-corrected chi connectivity index (χ0v) is 36.0. The molecule has 7 aromatic rings. The minimum atomic E-state index is 0.266. The quantitative estimate of drug-likeness (QED) is 0.154. The Balaban J connectivity index is 0.000000136. The summed E-state index contributed by atoms with van der Waals surface area (Å²) in [5, 5.41) is 7.00. The molecule has 8 rings (SSSR count). The first-order chi connectivity index (χ1) is 25.0. The van der Waals surface area contributed by atoms with Crippen LogP contribution in [-0.4, -0.2) is 0 Å².